The molecule has 0 atom stereocenters. The summed E-state index contributed by atoms with van der Waals surface area (Å²) in [6.07, 6.45) is -3.65. The van der Waals surface area contributed by atoms with Gasteiger partial charge in [0.05, 0.1) is 13.3 Å². The van der Waals surface area contributed by atoms with Gasteiger partial charge in [-0.15, -0.1) is 0 Å². The monoisotopic (exact) mass is 205 g/mol. The van der Waals surface area contributed by atoms with Gasteiger partial charge in [-0.2, -0.15) is 13.2 Å². The number of nitrogens with zero attached hydrogens (tertiary/aromatic N) is 1. The Kier molecular flexibility index (Phi) is 3.33. The smallest absolute Gasteiger partial charge is 0.389 e. The third kappa shape index (κ3) is 3.64. The molecule has 1 rings (SSSR count). The number of alkyl halides is 3. The van der Waals surface area contributed by atoms with Crippen LogP contribution in [0.5, 0.6) is 5.75 Å². The first-order valence-corrected chi connectivity index (χ1v) is 4.07. The molecule has 0 saturated heterocycles. The summed E-state index contributed by atoms with van der Waals surface area (Å²) in [4.78, 5) is 3.83. The molecule has 78 valence electrons. The second-order valence-corrected chi connectivity index (χ2v) is 2.80. The van der Waals surface area contributed by atoms with E-state index in [-0.39, 0.29) is 6.42 Å². The van der Waals surface area contributed by atoms with Crippen molar-refractivity contribution in [3.05, 3.63) is 24.0 Å². The highest BCUT2D eigenvalue weighted by molar-refractivity contribution is 5.19. The fourth-order valence-corrected chi connectivity index (χ4v) is 0.949. The molecule has 0 fully saturated rings. The molecule has 1 heterocycles. The van der Waals surface area contributed by atoms with Crippen molar-refractivity contribution in [3.8, 4) is 5.75 Å². The molecule has 0 N–H and O–H groups in total. The maximum Gasteiger partial charge on any atom is 0.389 e. The van der Waals surface area contributed by atoms with Gasteiger partial charge in [-0.05, 0) is 18.6 Å². The second-order valence-electron chi connectivity index (χ2n) is 2.80. The lowest BCUT2D eigenvalue weighted by atomic mass is 10.2. The van der Waals surface area contributed by atoms with Crippen LogP contribution in [-0.2, 0) is 6.42 Å². The molecule has 0 unspecified atom stereocenters. The van der Waals surface area contributed by atoms with Gasteiger partial charge < -0.3 is 4.74 Å². The molecule has 0 amide bonds. The van der Waals surface area contributed by atoms with E-state index < -0.39 is 12.6 Å². The normalized spacial score (nSPS) is 11.4. The Bertz CT molecular complexity index is 281. The van der Waals surface area contributed by atoms with Crippen LogP contribution >= 0.6 is 0 Å². The highest BCUT2D eigenvalue weighted by Gasteiger charge is 2.26. The molecule has 0 aliphatic heterocycles. The number of ether oxygens (including phenoxy) is 1. The van der Waals surface area contributed by atoms with E-state index >= 15 is 0 Å². The van der Waals surface area contributed by atoms with Crippen LogP contribution < -0.4 is 4.74 Å². The van der Waals surface area contributed by atoms with E-state index in [0.717, 1.165) is 0 Å². The van der Waals surface area contributed by atoms with Gasteiger partial charge in [0.1, 0.15) is 5.75 Å². The Hall–Kier alpha value is -1.26. The van der Waals surface area contributed by atoms with Crippen LogP contribution in [0.2, 0.25) is 0 Å². The van der Waals surface area contributed by atoms with Crippen molar-refractivity contribution in [2.75, 3.05) is 7.11 Å². The van der Waals surface area contributed by atoms with Crippen LogP contribution in [0.15, 0.2) is 18.3 Å². The van der Waals surface area contributed by atoms with E-state index in [1.54, 1.807) is 6.07 Å². The topological polar surface area (TPSA) is 22.1 Å². The van der Waals surface area contributed by atoms with Crippen LogP contribution in [0, 0.1) is 0 Å². The van der Waals surface area contributed by atoms with Gasteiger partial charge in [0.2, 0.25) is 0 Å². The van der Waals surface area contributed by atoms with Gasteiger partial charge in [-0.1, -0.05) is 0 Å². The van der Waals surface area contributed by atoms with Gasteiger partial charge in [-0.3, -0.25) is 4.98 Å². The molecule has 0 bridgehead atoms. The Morgan fingerprint density at radius 3 is 2.50 bits per heavy atom. The lowest BCUT2D eigenvalue weighted by molar-refractivity contribution is -0.134. The number of pyridine rings is 1. The van der Waals surface area contributed by atoms with E-state index in [1.807, 2.05) is 0 Å². The standard InChI is InChI=1S/C9H10F3NO/c1-14-8-3-2-7(13-6-8)4-5-9(10,11)12/h2-3,6H,4-5H2,1H3. The highest BCUT2D eigenvalue weighted by Crippen LogP contribution is 2.21. The summed E-state index contributed by atoms with van der Waals surface area (Å²) in [5, 5.41) is 0. The highest BCUT2D eigenvalue weighted by atomic mass is 19.4. The molecular formula is C9H10F3NO. The molecule has 0 aromatic carbocycles. The number of aryl methyl sites for hydroxylation is 1. The number of halogens is 3. The molecule has 1 aromatic rings. The first kappa shape index (κ1) is 10.8. The maximum atomic E-state index is 11.8. The molecular weight excluding hydrogens is 195 g/mol. The number of hydrogen-bond donors (Lipinski definition) is 0. The van der Waals surface area contributed by atoms with Crippen molar-refractivity contribution >= 4 is 0 Å². The largest absolute Gasteiger partial charge is 0.495 e. The third-order valence-electron chi connectivity index (χ3n) is 1.70. The van der Waals surface area contributed by atoms with Gasteiger partial charge in [0.15, 0.2) is 0 Å². The first-order chi connectivity index (χ1) is 6.51. The zero-order chi connectivity index (χ0) is 10.6. The van der Waals surface area contributed by atoms with E-state index in [1.165, 1.54) is 19.4 Å². The molecule has 0 aliphatic rings. The van der Waals surface area contributed by atoms with Crippen LogP contribution in [0.4, 0.5) is 13.2 Å². The molecule has 14 heavy (non-hydrogen) atoms. The number of aromatic nitrogens is 1. The van der Waals surface area contributed by atoms with Crippen molar-refractivity contribution < 1.29 is 17.9 Å². The van der Waals surface area contributed by atoms with Gasteiger partial charge in [0, 0.05) is 12.1 Å². The Balaban J connectivity index is 2.52. The Labute approximate surface area is 79.7 Å². The van der Waals surface area contributed by atoms with E-state index in [9.17, 15) is 13.2 Å². The summed E-state index contributed by atoms with van der Waals surface area (Å²) >= 11 is 0. The predicted octanol–water partition coefficient (Wildman–Crippen LogP) is 2.59. The SMILES string of the molecule is COc1ccc(CCC(F)(F)F)nc1. The fraction of sp³-hybridized carbons (Fsp3) is 0.444. The zero-order valence-corrected chi connectivity index (χ0v) is 7.64. The van der Waals surface area contributed by atoms with Crippen molar-refractivity contribution in [2.24, 2.45) is 0 Å². The number of hydrogen-bond acceptors (Lipinski definition) is 2. The minimum atomic E-state index is -4.12. The minimum absolute atomic E-state index is 0.0898. The summed E-state index contributed by atoms with van der Waals surface area (Å²) in [5.41, 5.74) is 0.420. The van der Waals surface area contributed by atoms with Crippen molar-refractivity contribution in [1.82, 2.24) is 4.98 Å². The van der Waals surface area contributed by atoms with Crippen molar-refractivity contribution in [1.29, 1.82) is 0 Å². The lowest BCUT2D eigenvalue weighted by Gasteiger charge is -2.05. The summed E-state index contributed by atoms with van der Waals surface area (Å²) in [5.74, 6) is 0.542. The molecule has 0 spiro atoms. The fourth-order valence-electron chi connectivity index (χ4n) is 0.949. The summed E-state index contributed by atoms with van der Waals surface area (Å²) in [6, 6.07) is 3.13. The van der Waals surface area contributed by atoms with Crippen LogP contribution in [0.25, 0.3) is 0 Å². The first-order valence-electron chi connectivity index (χ1n) is 4.07. The zero-order valence-electron chi connectivity index (χ0n) is 7.64. The quantitative estimate of drug-likeness (QED) is 0.756. The van der Waals surface area contributed by atoms with E-state index in [0.29, 0.717) is 11.4 Å². The average molecular weight is 205 g/mol. The van der Waals surface area contributed by atoms with Crippen molar-refractivity contribution in [2.45, 2.75) is 19.0 Å². The van der Waals surface area contributed by atoms with Gasteiger partial charge in [-0.25, -0.2) is 0 Å². The Morgan fingerprint density at radius 1 is 1.36 bits per heavy atom. The maximum absolute atomic E-state index is 11.8. The number of rotatable bonds is 3. The lowest BCUT2D eigenvalue weighted by Crippen LogP contribution is -2.09. The van der Waals surface area contributed by atoms with Crippen molar-refractivity contribution in [3.63, 3.8) is 0 Å². The second kappa shape index (κ2) is 4.30. The van der Waals surface area contributed by atoms with E-state index in [2.05, 4.69) is 4.98 Å². The molecule has 2 nitrogen and oxygen atoms in total. The minimum Gasteiger partial charge on any atom is -0.495 e. The van der Waals surface area contributed by atoms with Crippen LogP contribution in [0.3, 0.4) is 0 Å². The van der Waals surface area contributed by atoms with Crippen LogP contribution in [0.1, 0.15) is 12.1 Å². The average Bonchev–Trinajstić information content (AvgIpc) is 2.14. The van der Waals surface area contributed by atoms with E-state index in [4.69, 9.17) is 4.74 Å². The molecule has 0 aliphatic carbocycles. The summed E-state index contributed by atoms with van der Waals surface area (Å²) < 4.78 is 40.3. The summed E-state index contributed by atoms with van der Waals surface area (Å²) in [7, 11) is 1.48. The molecule has 0 radical (unpaired) electrons. The molecule has 1 aromatic heterocycles. The third-order valence-corrected chi connectivity index (χ3v) is 1.70. The van der Waals surface area contributed by atoms with Crippen LogP contribution in [-0.4, -0.2) is 18.3 Å². The van der Waals surface area contributed by atoms with Gasteiger partial charge in [0.25, 0.3) is 0 Å². The number of methoxy groups -OCH3 is 1. The predicted molar refractivity (Wildman–Crippen MR) is 45.2 cm³/mol. The molecule has 0 saturated carbocycles. The summed E-state index contributed by atoms with van der Waals surface area (Å²) in [6.45, 7) is 0. The van der Waals surface area contributed by atoms with Gasteiger partial charge >= 0.3 is 6.18 Å². The molecule has 5 heteroatoms. The Morgan fingerprint density at radius 2 is 2.07 bits per heavy atom.